The van der Waals surface area contributed by atoms with E-state index in [9.17, 15) is 5.11 Å². The van der Waals surface area contributed by atoms with Crippen LogP contribution in [0.3, 0.4) is 0 Å². The number of aliphatic hydroxyl groups is 1. The Morgan fingerprint density at radius 1 is 1.87 bits per heavy atom. The van der Waals surface area contributed by atoms with E-state index < -0.39 is 5.41 Å². The molecule has 2 atom stereocenters. The normalized spacial score (nSPS) is 23.5. The molecule has 2 N–H and O–H groups in total. The number of nitrogens with zero attached hydrogens (tertiary/aromatic N) is 3. The van der Waals surface area contributed by atoms with Crippen molar-refractivity contribution in [1.82, 2.24) is 0 Å². The maximum absolute atomic E-state index is 9.18. The van der Waals surface area contributed by atoms with Crippen molar-refractivity contribution in [3.8, 4) is 0 Å². The molecule has 1 aliphatic carbocycles. The van der Waals surface area contributed by atoms with Crippen LogP contribution in [-0.2, 0) is 0 Å². The summed E-state index contributed by atoms with van der Waals surface area (Å²) in [6.45, 7) is 2.14. The number of aliphatic hydroxyl groups excluding tert-OH is 1. The molecule has 80 valence electrons. The topological polar surface area (TPSA) is 92.8 Å². The number of nitrogens with one attached hydrogen (secondary N) is 1. The number of azide groups is 1. The van der Waals surface area contributed by atoms with Gasteiger partial charge in [-0.15, -0.1) is 0 Å². The Kier molecular flexibility index (Phi) is 3.52. The average Bonchev–Trinajstić information content (AvgIpc) is 2.27. The lowest BCUT2D eigenvalue weighted by Gasteiger charge is -2.31. The number of hydrogen-bond acceptors (Lipinski definition) is 3. The van der Waals surface area contributed by atoms with Crippen molar-refractivity contribution in [2.24, 2.45) is 16.4 Å². The molecule has 0 amide bonds. The first kappa shape index (κ1) is 11.3. The monoisotopic (exact) mass is 206 g/mol. The molecule has 1 rings (SSSR count). The van der Waals surface area contributed by atoms with Crippen molar-refractivity contribution in [2.75, 3.05) is 6.54 Å². The fourth-order valence-corrected chi connectivity index (χ4v) is 1.55. The minimum Gasteiger partial charge on any atom is -0.508 e. The second-order valence-corrected chi connectivity index (χ2v) is 3.87. The van der Waals surface area contributed by atoms with E-state index in [-0.39, 0.29) is 18.2 Å². The molecule has 5 heteroatoms. The Hall–Kier alpha value is -1.74. The van der Waals surface area contributed by atoms with E-state index in [0.717, 1.165) is 0 Å². The summed E-state index contributed by atoms with van der Waals surface area (Å²) in [7, 11) is 0. The van der Waals surface area contributed by atoms with Crippen LogP contribution < -0.4 is 0 Å². The summed E-state index contributed by atoms with van der Waals surface area (Å²) in [6.07, 6.45) is 7.16. The highest BCUT2D eigenvalue weighted by atomic mass is 16.3. The molecule has 0 aromatic heterocycles. The summed E-state index contributed by atoms with van der Waals surface area (Å²) in [4.78, 5) is 2.71. The third-order valence-electron chi connectivity index (χ3n) is 2.73. The van der Waals surface area contributed by atoms with Crippen molar-refractivity contribution in [1.29, 1.82) is 5.41 Å². The molecule has 0 heterocycles. The minimum atomic E-state index is -0.472. The van der Waals surface area contributed by atoms with Crippen LogP contribution in [0.5, 0.6) is 0 Å². The van der Waals surface area contributed by atoms with Gasteiger partial charge in [-0.25, -0.2) is 0 Å². The van der Waals surface area contributed by atoms with E-state index in [1.807, 2.05) is 13.0 Å². The maximum Gasteiger partial charge on any atom is 0.111 e. The van der Waals surface area contributed by atoms with Gasteiger partial charge in [0.2, 0.25) is 0 Å². The van der Waals surface area contributed by atoms with E-state index in [1.165, 1.54) is 6.21 Å². The Morgan fingerprint density at radius 2 is 2.60 bits per heavy atom. The summed E-state index contributed by atoms with van der Waals surface area (Å²) >= 11 is 0. The molecule has 0 fully saturated rings. The molecule has 0 aliphatic heterocycles. The van der Waals surface area contributed by atoms with Gasteiger partial charge in [0.1, 0.15) is 5.76 Å². The van der Waals surface area contributed by atoms with Crippen LogP contribution in [0.25, 0.3) is 10.4 Å². The SMILES string of the molecule is CC(C=N)(CN=[N+]=[N-])C1C=CC(O)=CC1. The van der Waals surface area contributed by atoms with Crippen molar-refractivity contribution in [3.63, 3.8) is 0 Å². The molecule has 0 aromatic rings. The summed E-state index contributed by atoms with van der Waals surface area (Å²) in [5.41, 5.74) is 7.81. The summed E-state index contributed by atoms with van der Waals surface area (Å²) in [6, 6.07) is 0. The molecule has 0 aromatic carbocycles. The van der Waals surface area contributed by atoms with Gasteiger partial charge in [0.25, 0.3) is 0 Å². The summed E-state index contributed by atoms with van der Waals surface area (Å²) < 4.78 is 0. The summed E-state index contributed by atoms with van der Waals surface area (Å²) in [5.74, 6) is 0.346. The molecule has 15 heavy (non-hydrogen) atoms. The Bertz CT molecular complexity index is 354. The van der Waals surface area contributed by atoms with Gasteiger partial charge >= 0.3 is 0 Å². The van der Waals surface area contributed by atoms with E-state index in [0.29, 0.717) is 6.42 Å². The van der Waals surface area contributed by atoms with E-state index in [4.69, 9.17) is 10.9 Å². The van der Waals surface area contributed by atoms with Gasteiger partial charge in [0, 0.05) is 23.1 Å². The molecule has 0 saturated carbocycles. The highest BCUT2D eigenvalue weighted by molar-refractivity contribution is 5.63. The molecule has 0 saturated heterocycles. The zero-order valence-corrected chi connectivity index (χ0v) is 8.59. The average molecular weight is 206 g/mol. The second kappa shape index (κ2) is 4.66. The highest BCUT2D eigenvalue weighted by Gasteiger charge is 2.30. The van der Waals surface area contributed by atoms with Crippen LogP contribution >= 0.6 is 0 Å². The third-order valence-corrected chi connectivity index (χ3v) is 2.73. The smallest absolute Gasteiger partial charge is 0.111 e. The van der Waals surface area contributed by atoms with Gasteiger partial charge in [-0.1, -0.05) is 18.1 Å². The standard InChI is InChI=1S/C10H14N4O/c1-10(6-11,7-13-14-12)8-2-4-9(15)5-3-8/h2,4-6,8,11,15H,3,7H2,1H3. The lowest BCUT2D eigenvalue weighted by atomic mass is 9.75. The third kappa shape index (κ3) is 2.60. The zero-order valence-electron chi connectivity index (χ0n) is 8.59. The first-order valence-corrected chi connectivity index (χ1v) is 4.72. The number of hydrogen-bond donors (Lipinski definition) is 2. The Labute approximate surface area is 88.3 Å². The van der Waals surface area contributed by atoms with Gasteiger partial charge in [-0.3, -0.25) is 0 Å². The lowest BCUT2D eigenvalue weighted by Crippen LogP contribution is -2.31. The van der Waals surface area contributed by atoms with E-state index in [1.54, 1.807) is 12.2 Å². The number of rotatable bonds is 4. The minimum absolute atomic E-state index is 0.0939. The second-order valence-electron chi connectivity index (χ2n) is 3.87. The first-order chi connectivity index (χ1) is 7.12. The van der Waals surface area contributed by atoms with Gasteiger partial charge < -0.3 is 10.5 Å². The molecule has 2 unspecified atom stereocenters. The van der Waals surface area contributed by atoms with Crippen LogP contribution in [0.2, 0.25) is 0 Å². The van der Waals surface area contributed by atoms with Crippen LogP contribution in [0.15, 0.2) is 29.1 Å². The Balaban J connectivity index is 2.79. The predicted molar refractivity (Wildman–Crippen MR) is 58.9 cm³/mol. The van der Waals surface area contributed by atoms with Crippen molar-refractivity contribution in [3.05, 3.63) is 34.4 Å². The maximum atomic E-state index is 9.18. The van der Waals surface area contributed by atoms with Crippen LogP contribution in [0.1, 0.15) is 13.3 Å². The van der Waals surface area contributed by atoms with Crippen LogP contribution in [0, 0.1) is 16.7 Å². The molecular weight excluding hydrogens is 192 g/mol. The van der Waals surface area contributed by atoms with Crippen molar-refractivity contribution < 1.29 is 5.11 Å². The quantitative estimate of drug-likeness (QED) is 0.314. The Morgan fingerprint density at radius 3 is 3.07 bits per heavy atom. The van der Waals surface area contributed by atoms with Gasteiger partial charge in [0.05, 0.1) is 0 Å². The molecule has 0 spiro atoms. The molecular formula is C10H14N4O. The zero-order chi connectivity index (χ0) is 11.3. The van der Waals surface area contributed by atoms with Crippen LogP contribution in [-0.4, -0.2) is 17.9 Å². The highest BCUT2D eigenvalue weighted by Crippen LogP contribution is 2.32. The molecule has 0 bridgehead atoms. The molecule has 1 aliphatic rings. The lowest BCUT2D eigenvalue weighted by molar-refractivity contribution is 0.343. The predicted octanol–water partition coefficient (Wildman–Crippen LogP) is 2.97. The summed E-state index contributed by atoms with van der Waals surface area (Å²) in [5, 5.41) is 20.1. The van der Waals surface area contributed by atoms with Gasteiger partial charge in [-0.2, -0.15) is 0 Å². The van der Waals surface area contributed by atoms with E-state index >= 15 is 0 Å². The van der Waals surface area contributed by atoms with E-state index in [2.05, 4.69) is 10.0 Å². The van der Waals surface area contributed by atoms with Crippen molar-refractivity contribution >= 4 is 6.21 Å². The molecule has 0 radical (unpaired) electrons. The van der Waals surface area contributed by atoms with Crippen molar-refractivity contribution in [2.45, 2.75) is 13.3 Å². The fraction of sp³-hybridized carbons (Fsp3) is 0.500. The largest absolute Gasteiger partial charge is 0.508 e. The van der Waals surface area contributed by atoms with Crippen LogP contribution in [0.4, 0.5) is 0 Å². The van der Waals surface area contributed by atoms with Gasteiger partial charge in [0.15, 0.2) is 0 Å². The van der Waals surface area contributed by atoms with Gasteiger partial charge in [-0.05, 0) is 30.0 Å². The first-order valence-electron chi connectivity index (χ1n) is 4.72. The number of allylic oxidation sites excluding steroid dienone is 3. The fourth-order valence-electron chi connectivity index (χ4n) is 1.55. The molecule has 5 nitrogen and oxygen atoms in total.